The van der Waals surface area contributed by atoms with Crippen LogP contribution >= 0.6 is 11.6 Å². The maximum absolute atomic E-state index is 12.6. The molecule has 1 saturated heterocycles. The van der Waals surface area contributed by atoms with Gasteiger partial charge in [-0.15, -0.1) is 0 Å². The van der Waals surface area contributed by atoms with E-state index in [9.17, 15) is 13.2 Å². The summed E-state index contributed by atoms with van der Waals surface area (Å²) in [7, 11) is -3.77. The van der Waals surface area contributed by atoms with Crippen LogP contribution in [0, 0.1) is 0 Å². The number of carbonyl (C=O) groups excluding carboxylic acids is 1. The molecular weight excluding hydrogens is 366 g/mol. The molecule has 2 N–H and O–H groups in total. The first-order valence-electron chi connectivity index (χ1n) is 7.73. The highest BCUT2D eigenvalue weighted by Crippen LogP contribution is 2.22. The number of piperazine rings is 1. The molecular formula is C16H18ClN3O4S. The van der Waals surface area contributed by atoms with Gasteiger partial charge in [-0.3, -0.25) is 9.69 Å². The van der Waals surface area contributed by atoms with Gasteiger partial charge in [0.1, 0.15) is 0 Å². The first kappa shape index (κ1) is 17.9. The van der Waals surface area contributed by atoms with Gasteiger partial charge in [0.15, 0.2) is 5.76 Å². The predicted octanol–water partition coefficient (Wildman–Crippen LogP) is 1.54. The van der Waals surface area contributed by atoms with E-state index in [0.29, 0.717) is 37.7 Å². The first-order chi connectivity index (χ1) is 11.9. The molecule has 9 heteroatoms. The largest absolute Gasteiger partial charge is 0.438 e. The van der Waals surface area contributed by atoms with Gasteiger partial charge in [-0.25, -0.2) is 8.42 Å². The Kier molecular flexibility index (Phi) is 5.14. The van der Waals surface area contributed by atoms with E-state index in [0.717, 1.165) is 5.56 Å². The Labute approximate surface area is 151 Å². The maximum atomic E-state index is 12.6. The summed E-state index contributed by atoms with van der Waals surface area (Å²) in [6.07, 6.45) is 0. The van der Waals surface area contributed by atoms with Crippen LogP contribution in [-0.4, -0.2) is 49.7 Å². The van der Waals surface area contributed by atoms with E-state index in [1.54, 1.807) is 0 Å². The highest BCUT2D eigenvalue weighted by atomic mass is 35.5. The molecule has 1 aliphatic rings. The van der Waals surface area contributed by atoms with Crippen molar-refractivity contribution in [3.8, 4) is 0 Å². The van der Waals surface area contributed by atoms with Crippen LogP contribution in [0.3, 0.4) is 0 Å². The number of amides is 1. The van der Waals surface area contributed by atoms with Crippen molar-refractivity contribution in [1.29, 1.82) is 0 Å². The summed E-state index contributed by atoms with van der Waals surface area (Å²) in [4.78, 5) is 13.2. The van der Waals surface area contributed by atoms with Crippen molar-refractivity contribution in [2.75, 3.05) is 26.2 Å². The molecule has 0 unspecified atom stereocenters. The monoisotopic (exact) mass is 383 g/mol. The van der Waals surface area contributed by atoms with Crippen LogP contribution in [0.1, 0.15) is 16.1 Å². The first-order valence-corrected chi connectivity index (χ1v) is 9.55. The minimum atomic E-state index is -3.77. The van der Waals surface area contributed by atoms with Gasteiger partial charge >= 0.3 is 0 Å². The number of primary amides is 1. The van der Waals surface area contributed by atoms with E-state index >= 15 is 0 Å². The van der Waals surface area contributed by atoms with Gasteiger partial charge in [0.05, 0.1) is 0 Å². The number of hydrogen-bond donors (Lipinski definition) is 1. The van der Waals surface area contributed by atoms with Crippen LogP contribution in [0.25, 0.3) is 0 Å². The molecule has 0 spiro atoms. The number of rotatable bonds is 5. The highest BCUT2D eigenvalue weighted by Gasteiger charge is 2.31. The van der Waals surface area contributed by atoms with Crippen LogP contribution in [0.2, 0.25) is 5.02 Å². The lowest BCUT2D eigenvalue weighted by Crippen LogP contribution is -2.48. The Hall–Kier alpha value is -1.87. The van der Waals surface area contributed by atoms with Gasteiger partial charge in [0.2, 0.25) is 5.09 Å². The molecule has 0 atom stereocenters. The zero-order valence-corrected chi connectivity index (χ0v) is 15.0. The Morgan fingerprint density at radius 2 is 1.80 bits per heavy atom. The predicted molar refractivity (Wildman–Crippen MR) is 92.7 cm³/mol. The van der Waals surface area contributed by atoms with Crippen molar-refractivity contribution in [2.24, 2.45) is 5.73 Å². The summed E-state index contributed by atoms with van der Waals surface area (Å²) in [5.74, 6) is -0.970. The Morgan fingerprint density at radius 3 is 2.40 bits per heavy atom. The van der Waals surface area contributed by atoms with Crippen LogP contribution in [0.4, 0.5) is 0 Å². The molecule has 0 radical (unpaired) electrons. The lowest BCUT2D eigenvalue weighted by molar-refractivity contribution is 0.0968. The number of nitrogens with two attached hydrogens (primary N) is 1. The third kappa shape index (κ3) is 3.87. The lowest BCUT2D eigenvalue weighted by atomic mass is 10.2. The van der Waals surface area contributed by atoms with Gasteiger partial charge < -0.3 is 10.2 Å². The molecule has 3 rings (SSSR count). The van der Waals surface area contributed by atoms with E-state index in [1.807, 2.05) is 24.3 Å². The standard InChI is InChI=1S/C16H18ClN3O4S/c17-13-4-2-1-3-12(13)11-19-7-9-20(10-8-19)25(22,23)15-6-5-14(24-15)16(18)21/h1-6H,7-11H2,(H2,18,21). The summed E-state index contributed by atoms with van der Waals surface area (Å²) in [5.41, 5.74) is 6.11. The number of hydrogen-bond acceptors (Lipinski definition) is 5. The topological polar surface area (TPSA) is 96.8 Å². The zero-order valence-electron chi connectivity index (χ0n) is 13.4. The van der Waals surface area contributed by atoms with Crippen molar-refractivity contribution >= 4 is 27.5 Å². The molecule has 2 heterocycles. The number of halogens is 1. The van der Waals surface area contributed by atoms with E-state index in [2.05, 4.69) is 4.90 Å². The summed E-state index contributed by atoms with van der Waals surface area (Å²) in [5, 5.41) is 0.438. The molecule has 1 amide bonds. The fourth-order valence-corrected chi connectivity index (χ4v) is 4.24. The van der Waals surface area contributed by atoms with Crippen molar-refractivity contribution < 1.29 is 17.6 Å². The number of benzene rings is 1. The molecule has 0 bridgehead atoms. The van der Waals surface area contributed by atoms with Crippen molar-refractivity contribution in [2.45, 2.75) is 11.6 Å². The van der Waals surface area contributed by atoms with Gasteiger partial charge in [0, 0.05) is 37.7 Å². The van der Waals surface area contributed by atoms with Gasteiger partial charge in [-0.2, -0.15) is 4.31 Å². The minimum absolute atomic E-state index is 0.170. The van der Waals surface area contributed by atoms with E-state index in [4.69, 9.17) is 21.8 Å². The summed E-state index contributed by atoms with van der Waals surface area (Å²) in [6.45, 7) is 2.49. The Bertz CT molecular complexity index is 873. The fourth-order valence-electron chi connectivity index (χ4n) is 2.71. The molecule has 1 fully saturated rings. The second kappa shape index (κ2) is 7.17. The van der Waals surface area contributed by atoms with Crippen LogP contribution < -0.4 is 5.73 Å². The second-order valence-electron chi connectivity index (χ2n) is 5.75. The third-order valence-electron chi connectivity index (χ3n) is 4.10. The highest BCUT2D eigenvalue weighted by molar-refractivity contribution is 7.89. The molecule has 0 saturated carbocycles. The number of furan rings is 1. The summed E-state index contributed by atoms with van der Waals surface area (Å²) < 4.78 is 31.6. The minimum Gasteiger partial charge on any atom is -0.438 e. The Morgan fingerprint density at radius 1 is 1.12 bits per heavy atom. The van der Waals surface area contributed by atoms with Gasteiger partial charge in [0.25, 0.3) is 15.9 Å². The van der Waals surface area contributed by atoms with E-state index in [1.165, 1.54) is 16.4 Å². The summed E-state index contributed by atoms with van der Waals surface area (Å²) >= 11 is 6.17. The Balaban J connectivity index is 1.65. The smallest absolute Gasteiger partial charge is 0.284 e. The average molecular weight is 384 g/mol. The normalized spacial score (nSPS) is 16.8. The van der Waals surface area contributed by atoms with E-state index < -0.39 is 15.9 Å². The molecule has 25 heavy (non-hydrogen) atoms. The molecule has 1 aliphatic heterocycles. The van der Waals surface area contributed by atoms with Crippen molar-refractivity contribution in [1.82, 2.24) is 9.21 Å². The van der Waals surface area contributed by atoms with E-state index in [-0.39, 0.29) is 10.9 Å². The van der Waals surface area contributed by atoms with Crippen LogP contribution in [0.5, 0.6) is 0 Å². The summed E-state index contributed by atoms with van der Waals surface area (Å²) in [6, 6.07) is 10.1. The molecule has 7 nitrogen and oxygen atoms in total. The molecule has 134 valence electrons. The third-order valence-corrected chi connectivity index (χ3v) is 6.24. The number of sulfonamides is 1. The van der Waals surface area contributed by atoms with Gasteiger partial charge in [-0.1, -0.05) is 29.8 Å². The lowest BCUT2D eigenvalue weighted by Gasteiger charge is -2.33. The fraction of sp³-hybridized carbons (Fsp3) is 0.312. The molecule has 2 aromatic rings. The molecule has 1 aromatic heterocycles. The quantitative estimate of drug-likeness (QED) is 0.844. The zero-order chi connectivity index (χ0) is 18.0. The SMILES string of the molecule is NC(=O)c1ccc(S(=O)(=O)N2CCN(Cc3ccccc3Cl)CC2)o1. The average Bonchev–Trinajstić information content (AvgIpc) is 3.09. The van der Waals surface area contributed by atoms with Crippen LogP contribution in [0.15, 0.2) is 45.9 Å². The number of carbonyl (C=O) groups is 1. The molecule has 0 aliphatic carbocycles. The number of nitrogens with zero attached hydrogens (tertiary/aromatic N) is 2. The maximum Gasteiger partial charge on any atom is 0.284 e. The molecule has 1 aromatic carbocycles. The van der Waals surface area contributed by atoms with Crippen LogP contribution in [-0.2, 0) is 16.6 Å². The van der Waals surface area contributed by atoms with Crippen molar-refractivity contribution in [3.63, 3.8) is 0 Å². The second-order valence-corrected chi connectivity index (χ2v) is 8.03. The van der Waals surface area contributed by atoms with Gasteiger partial charge in [-0.05, 0) is 23.8 Å². The van der Waals surface area contributed by atoms with Crippen molar-refractivity contribution in [3.05, 3.63) is 52.7 Å².